The summed E-state index contributed by atoms with van der Waals surface area (Å²) in [7, 11) is 0. The molecule has 16 heavy (non-hydrogen) atoms. The lowest BCUT2D eigenvalue weighted by atomic mass is 9.72. The second kappa shape index (κ2) is 4.31. The van der Waals surface area contributed by atoms with E-state index >= 15 is 0 Å². The Morgan fingerprint density at radius 3 is 2.44 bits per heavy atom. The van der Waals surface area contributed by atoms with Gasteiger partial charge in [0.2, 0.25) is 5.91 Å². The Balaban J connectivity index is 2.14. The SMILES string of the molecule is NC(=NO)C1(C(=O)NC2CC2)CCCCC1. The van der Waals surface area contributed by atoms with Crippen molar-refractivity contribution in [3.05, 3.63) is 0 Å². The number of rotatable bonds is 3. The summed E-state index contributed by atoms with van der Waals surface area (Å²) in [5, 5.41) is 14.9. The van der Waals surface area contributed by atoms with Crippen molar-refractivity contribution in [1.82, 2.24) is 5.32 Å². The molecule has 0 radical (unpaired) electrons. The van der Waals surface area contributed by atoms with E-state index < -0.39 is 5.41 Å². The van der Waals surface area contributed by atoms with Gasteiger partial charge in [-0.25, -0.2) is 0 Å². The molecule has 0 saturated heterocycles. The number of oxime groups is 1. The molecule has 0 unspecified atom stereocenters. The van der Waals surface area contributed by atoms with Crippen molar-refractivity contribution in [1.29, 1.82) is 0 Å². The summed E-state index contributed by atoms with van der Waals surface area (Å²) >= 11 is 0. The third-order valence-corrected chi connectivity index (χ3v) is 3.65. The zero-order valence-corrected chi connectivity index (χ0v) is 9.41. The Bertz CT molecular complexity index is 304. The minimum atomic E-state index is -0.754. The third-order valence-electron chi connectivity index (χ3n) is 3.65. The second-order valence-electron chi connectivity index (χ2n) is 4.88. The highest BCUT2D eigenvalue weighted by atomic mass is 16.4. The van der Waals surface area contributed by atoms with E-state index in [0.29, 0.717) is 18.9 Å². The third kappa shape index (κ3) is 1.99. The number of nitrogens with two attached hydrogens (primary N) is 1. The summed E-state index contributed by atoms with van der Waals surface area (Å²) in [4.78, 5) is 12.2. The molecule has 0 atom stereocenters. The minimum Gasteiger partial charge on any atom is -0.409 e. The van der Waals surface area contributed by atoms with Crippen molar-refractivity contribution in [3.63, 3.8) is 0 Å². The van der Waals surface area contributed by atoms with Gasteiger partial charge >= 0.3 is 0 Å². The predicted molar refractivity (Wildman–Crippen MR) is 60.1 cm³/mol. The fraction of sp³-hybridized carbons (Fsp3) is 0.818. The van der Waals surface area contributed by atoms with Crippen LogP contribution in [0.4, 0.5) is 0 Å². The quantitative estimate of drug-likeness (QED) is 0.289. The van der Waals surface area contributed by atoms with Crippen molar-refractivity contribution in [2.45, 2.75) is 51.0 Å². The van der Waals surface area contributed by atoms with Crippen LogP contribution in [0.25, 0.3) is 0 Å². The summed E-state index contributed by atoms with van der Waals surface area (Å²) in [6.45, 7) is 0. The molecule has 5 heteroatoms. The lowest BCUT2D eigenvalue weighted by Gasteiger charge is -2.34. The van der Waals surface area contributed by atoms with Crippen LogP contribution in [0.15, 0.2) is 5.16 Å². The molecule has 90 valence electrons. The van der Waals surface area contributed by atoms with E-state index in [1.807, 2.05) is 0 Å². The molecule has 2 fully saturated rings. The average Bonchev–Trinajstić information content (AvgIpc) is 3.12. The number of hydrogen-bond acceptors (Lipinski definition) is 3. The smallest absolute Gasteiger partial charge is 0.234 e. The van der Waals surface area contributed by atoms with Gasteiger partial charge in [-0.2, -0.15) is 0 Å². The number of nitrogens with zero attached hydrogens (tertiary/aromatic N) is 1. The van der Waals surface area contributed by atoms with Crippen LogP contribution < -0.4 is 11.1 Å². The monoisotopic (exact) mass is 225 g/mol. The first-order chi connectivity index (χ1) is 7.69. The van der Waals surface area contributed by atoms with Gasteiger partial charge in [0.25, 0.3) is 0 Å². The van der Waals surface area contributed by atoms with Gasteiger partial charge in [0.1, 0.15) is 5.41 Å². The van der Waals surface area contributed by atoms with Crippen LogP contribution in [0.3, 0.4) is 0 Å². The van der Waals surface area contributed by atoms with Crippen LogP contribution in [-0.4, -0.2) is 23.0 Å². The number of carbonyl (C=O) groups excluding carboxylic acids is 1. The molecular formula is C11H19N3O2. The maximum absolute atomic E-state index is 12.2. The van der Waals surface area contributed by atoms with Crippen LogP contribution in [0.1, 0.15) is 44.9 Å². The molecule has 0 heterocycles. The first kappa shape index (κ1) is 11.2. The molecule has 5 nitrogen and oxygen atoms in total. The van der Waals surface area contributed by atoms with Crippen molar-refractivity contribution < 1.29 is 10.0 Å². The Hall–Kier alpha value is -1.26. The Morgan fingerprint density at radius 2 is 1.94 bits per heavy atom. The maximum atomic E-state index is 12.2. The van der Waals surface area contributed by atoms with E-state index in [2.05, 4.69) is 10.5 Å². The van der Waals surface area contributed by atoms with Gasteiger partial charge in [0.05, 0.1) is 0 Å². The molecule has 0 aromatic heterocycles. The molecule has 0 spiro atoms. The first-order valence-corrected chi connectivity index (χ1v) is 5.98. The van der Waals surface area contributed by atoms with Crippen molar-refractivity contribution >= 4 is 11.7 Å². The van der Waals surface area contributed by atoms with Crippen molar-refractivity contribution in [2.24, 2.45) is 16.3 Å². The van der Waals surface area contributed by atoms with Crippen molar-refractivity contribution in [2.75, 3.05) is 0 Å². The highest BCUT2D eigenvalue weighted by molar-refractivity contribution is 6.07. The number of amidine groups is 1. The normalized spacial score (nSPS) is 25.1. The molecule has 0 aromatic rings. The number of nitrogens with one attached hydrogen (secondary N) is 1. The van der Waals surface area contributed by atoms with Gasteiger partial charge in [-0.15, -0.1) is 0 Å². The Kier molecular flexibility index (Phi) is 3.03. The van der Waals surface area contributed by atoms with Gasteiger partial charge in [-0.05, 0) is 25.7 Å². The second-order valence-corrected chi connectivity index (χ2v) is 4.88. The lowest BCUT2D eigenvalue weighted by molar-refractivity contribution is -0.129. The molecular weight excluding hydrogens is 206 g/mol. The zero-order valence-electron chi connectivity index (χ0n) is 9.41. The molecule has 0 aliphatic heterocycles. The summed E-state index contributed by atoms with van der Waals surface area (Å²) in [5.74, 6) is 0.0235. The van der Waals surface area contributed by atoms with Crippen LogP contribution in [0.2, 0.25) is 0 Å². The fourth-order valence-corrected chi connectivity index (χ4v) is 2.40. The lowest BCUT2D eigenvalue weighted by Crippen LogP contribution is -2.51. The van der Waals surface area contributed by atoms with Gasteiger partial charge in [0, 0.05) is 6.04 Å². The molecule has 2 aliphatic rings. The fourth-order valence-electron chi connectivity index (χ4n) is 2.40. The largest absolute Gasteiger partial charge is 0.409 e. The van der Waals surface area contributed by atoms with E-state index in [1.165, 1.54) is 0 Å². The summed E-state index contributed by atoms with van der Waals surface area (Å²) in [5.41, 5.74) is 4.96. The number of hydrogen-bond donors (Lipinski definition) is 3. The van der Waals surface area contributed by atoms with E-state index in [1.54, 1.807) is 0 Å². The highest BCUT2D eigenvalue weighted by Gasteiger charge is 2.45. The number of carbonyl (C=O) groups is 1. The summed E-state index contributed by atoms with van der Waals surface area (Å²) < 4.78 is 0. The Labute approximate surface area is 95.1 Å². The minimum absolute atomic E-state index is 0.0509. The molecule has 2 saturated carbocycles. The van der Waals surface area contributed by atoms with E-state index in [4.69, 9.17) is 10.9 Å². The zero-order chi connectivity index (χ0) is 11.6. The van der Waals surface area contributed by atoms with Gasteiger partial charge < -0.3 is 16.3 Å². The van der Waals surface area contributed by atoms with E-state index in [9.17, 15) is 4.79 Å². The van der Waals surface area contributed by atoms with E-state index in [-0.39, 0.29) is 11.7 Å². The van der Waals surface area contributed by atoms with Crippen LogP contribution in [0.5, 0.6) is 0 Å². The molecule has 0 bridgehead atoms. The van der Waals surface area contributed by atoms with Crippen LogP contribution >= 0.6 is 0 Å². The Morgan fingerprint density at radius 1 is 1.31 bits per heavy atom. The van der Waals surface area contributed by atoms with E-state index in [0.717, 1.165) is 32.1 Å². The van der Waals surface area contributed by atoms with Crippen molar-refractivity contribution in [3.8, 4) is 0 Å². The summed E-state index contributed by atoms with van der Waals surface area (Å²) in [6, 6.07) is 0.317. The predicted octanol–water partition coefficient (Wildman–Crippen LogP) is 0.962. The number of amides is 1. The molecule has 2 aliphatic carbocycles. The van der Waals surface area contributed by atoms with Crippen LogP contribution in [0, 0.1) is 5.41 Å². The molecule has 0 aromatic carbocycles. The van der Waals surface area contributed by atoms with Gasteiger partial charge in [-0.1, -0.05) is 24.4 Å². The molecule has 2 rings (SSSR count). The molecule has 4 N–H and O–H groups in total. The van der Waals surface area contributed by atoms with Gasteiger partial charge in [-0.3, -0.25) is 4.79 Å². The first-order valence-electron chi connectivity index (χ1n) is 5.98. The highest BCUT2D eigenvalue weighted by Crippen LogP contribution is 2.37. The maximum Gasteiger partial charge on any atom is 0.234 e. The average molecular weight is 225 g/mol. The molecule has 1 amide bonds. The van der Waals surface area contributed by atoms with Crippen LogP contribution in [-0.2, 0) is 4.79 Å². The summed E-state index contributed by atoms with van der Waals surface area (Å²) in [6.07, 6.45) is 6.55. The van der Waals surface area contributed by atoms with Gasteiger partial charge in [0.15, 0.2) is 5.84 Å². The standard InChI is InChI=1S/C11H19N3O2/c12-9(14-16)11(6-2-1-3-7-11)10(15)13-8-4-5-8/h8,16H,1-7H2,(H2,12,14)(H,13,15). The topological polar surface area (TPSA) is 87.7 Å².